The molecule has 0 aliphatic rings. The number of benzene rings is 2. The fraction of sp³-hybridized carbons (Fsp3) is 0. The van der Waals surface area contributed by atoms with E-state index < -0.39 is 0 Å². The van der Waals surface area contributed by atoms with E-state index in [2.05, 4.69) is 0 Å². The van der Waals surface area contributed by atoms with Crippen LogP contribution in [0.4, 0.5) is 0 Å². The Morgan fingerprint density at radius 3 is 2.29 bits per heavy atom. The van der Waals surface area contributed by atoms with Crippen LogP contribution in [0.15, 0.2) is 48.5 Å². The molecule has 83 valence electrons. The van der Waals surface area contributed by atoms with Crippen LogP contribution in [0, 0.1) is 0 Å². The van der Waals surface area contributed by atoms with Crippen LogP contribution in [0.5, 0.6) is 5.75 Å². The number of ketones is 1. The van der Waals surface area contributed by atoms with Crippen LogP contribution >= 0.6 is 0 Å². The van der Waals surface area contributed by atoms with Gasteiger partial charge in [0.1, 0.15) is 5.75 Å². The number of hydrogen-bond donors (Lipinski definition) is 1. The Hall–Kier alpha value is -2.42. The molecule has 0 aliphatic carbocycles. The molecule has 2 rings (SSSR count). The van der Waals surface area contributed by atoms with Gasteiger partial charge in [-0.25, -0.2) is 0 Å². The standard InChI is InChI=1S/C14H9O3/c15-9-11-3-1-2-4-13(11)14(17)10-5-7-12(16)8-6-10/h1-8,16H. The van der Waals surface area contributed by atoms with Gasteiger partial charge in [-0.15, -0.1) is 0 Å². The monoisotopic (exact) mass is 225 g/mol. The van der Waals surface area contributed by atoms with Gasteiger partial charge in [0.25, 0.3) is 0 Å². The van der Waals surface area contributed by atoms with Crippen LogP contribution in [0.2, 0.25) is 0 Å². The molecule has 0 unspecified atom stereocenters. The van der Waals surface area contributed by atoms with E-state index in [1.165, 1.54) is 24.3 Å². The molecule has 0 heterocycles. The highest BCUT2D eigenvalue weighted by Gasteiger charge is 2.12. The smallest absolute Gasteiger partial charge is 0.234 e. The summed E-state index contributed by atoms with van der Waals surface area (Å²) in [7, 11) is 0. The fourth-order valence-electron chi connectivity index (χ4n) is 1.54. The molecule has 0 fully saturated rings. The molecule has 0 aliphatic heterocycles. The Morgan fingerprint density at radius 1 is 1.00 bits per heavy atom. The van der Waals surface area contributed by atoms with E-state index in [-0.39, 0.29) is 17.1 Å². The number of phenolic OH excluding ortho intramolecular Hbond substituents is 1. The molecule has 3 heteroatoms. The molecule has 3 nitrogen and oxygen atoms in total. The largest absolute Gasteiger partial charge is 0.508 e. The molecule has 0 aromatic heterocycles. The minimum atomic E-state index is -0.260. The SMILES string of the molecule is O=[C]c1ccccc1C(=O)c1ccc(O)cc1. The topological polar surface area (TPSA) is 54.4 Å². The number of aromatic hydroxyl groups is 1. The van der Waals surface area contributed by atoms with E-state index in [1.807, 2.05) is 0 Å². The Morgan fingerprint density at radius 2 is 1.65 bits per heavy atom. The van der Waals surface area contributed by atoms with Crippen molar-refractivity contribution in [2.45, 2.75) is 0 Å². The summed E-state index contributed by atoms with van der Waals surface area (Å²) in [5.41, 5.74) is 0.976. The van der Waals surface area contributed by atoms with Gasteiger partial charge >= 0.3 is 0 Å². The molecule has 0 saturated carbocycles. The second-order valence-electron chi connectivity index (χ2n) is 3.52. The average Bonchev–Trinajstić information content (AvgIpc) is 2.39. The second kappa shape index (κ2) is 4.61. The van der Waals surface area contributed by atoms with Crippen LogP contribution in [-0.2, 0) is 4.79 Å². The van der Waals surface area contributed by atoms with E-state index in [4.69, 9.17) is 5.11 Å². The maximum Gasteiger partial charge on any atom is 0.234 e. The third kappa shape index (κ3) is 2.23. The lowest BCUT2D eigenvalue weighted by atomic mass is 9.99. The molecule has 1 radical (unpaired) electrons. The number of hydrogen-bond acceptors (Lipinski definition) is 3. The summed E-state index contributed by atoms with van der Waals surface area (Å²) in [6, 6.07) is 12.4. The fourth-order valence-corrected chi connectivity index (χ4v) is 1.54. The van der Waals surface area contributed by atoms with Crippen molar-refractivity contribution in [1.29, 1.82) is 0 Å². The molecule has 0 spiro atoms. The number of carbonyl (C=O) groups is 1. The summed E-state index contributed by atoms with van der Waals surface area (Å²) in [6.07, 6.45) is 1.74. The normalized spacial score (nSPS) is 9.88. The predicted octanol–water partition coefficient (Wildman–Crippen LogP) is 2.08. The zero-order valence-electron chi connectivity index (χ0n) is 8.88. The van der Waals surface area contributed by atoms with Gasteiger partial charge in [-0.05, 0) is 24.3 Å². The van der Waals surface area contributed by atoms with Crippen LogP contribution in [0.3, 0.4) is 0 Å². The molecule has 0 amide bonds. The van der Waals surface area contributed by atoms with E-state index in [0.29, 0.717) is 11.1 Å². The van der Waals surface area contributed by atoms with Gasteiger partial charge in [-0.3, -0.25) is 9.59 Å². The highest BCUT2D eigenvalue weighted by molar-refractivity contribution is 6.12. The van der Waals surface area contributed by atoms with Crippen molar-refractivity contribution in [3.8, 4) is 5.75 Å². The molecule has 0 atom stereocenters. The minimum absolute atomic E-state index is 0.0942. The maximum absolute atomic E-state index is 12.1. The van der Waals surface area contributed by atoms with Crippen molar-refractivity contribution in [3.05, 3.63) is 65.2 Å². The molecule has 17 heavy (non-hydrogen) atoms. The van der Waals surface area contributed by atoms with E-state index in [0.717, 1.165) is 0 Å². The van der Waals surface area contributed by atoms with Gasteiger partial charge in [0, 0.05) is 16.7 Å². The van der Waals surface area contributed by atoms with E-state index in [1.54, 1.807) is 30.6 Å². The number of carbonyl (C=O) groups excluding carboxylic acids is 2. The zero-order valence-corrected chi connectivity index (χ0v) is 8.88. The van der Waals surface area contributed by atoms with Crippen LogP contribution < -0.4 is 0 Å². The third-order valence-corrected chi connectivity index (χ3v) is 2.41. The maximum atomic E-state index is 12.1. The Bertz CT molecular complexity index is 556. The molecule has 0 saturated heterocycles. The lowest BCUT2D eigenvalue weighted by Crippen LogP contribution is -2.04. The van der Waals surface area contributed by atoms with Gasteiger partial charge < -0.3 is 5.11 Å². The summed E-state index contributed by atoms with van der Waals surface area (Å²) >= 11 is 0. The van der Waals surface area contributed by atoms with Crippen molar-refractivity contribution < 1.29 is 14.7 Å². The molecular weight excluding hydrogens is 216 g/mol. The van der Waals surface area contributed by atoms with Gasteiger partial charge in [0.05, 0.1) is 0 Å². The second-order valence-corrected chi connectivity index (χ2v) is 3.52. The Labute approximate surface area is 98.3 Å². The summed E-state index contributed by atoms with van der Waals surface area (Å²) < 4.78 is 0. The summed E-state index contributed by atoms with van der Waals surface area (Å²) in [5, 5.41) is 9.14. The van der Waals surface area contributed by atoms with Crippen molar-refractivity contribution in [1.82, 2.24) is 0 Å². The molecule has 1 N–H and O–H groups in total. The van der Waals surface area contributed by atoms with Crippen LogP contribution in [0.25, 0.3) is 0 Å². The predicted molar refractivity (Wildman–Crippen MR) is 62.8 cm³/mol. The van der Waals surface area contributed by atoms with Crippen molar-refractivity contribution in [2.75, 3.05) is 0 Å². The first kappa shape index (κ1) is 11.1. The van der Waals surface area contributed by atoms with Gasteiger partial charge in [0.15, 0.2) is 5.78 Å². The summed E-state index contributed by atoms with van der Waals surface area (Å²) in [5.74, 6) is -0.166. The van der Waals surface area contributed by atoms with Gasteiger partial charge in [-0.2, -0.15) is 0 Å². The summed E-state index contributed by atoms with van der Waals surface area (Å²) in [6.45, 7) is 0. The van der Waals surface area contributed by atoms with E-state index in [9.17, 15) is 9.59 Å². The molecule has 2 aromatic rings. The minimum Gasteiger partial charge on any atom is -0.508 e. The van der Waals surface area contributed by atoms with E-state index >= 15 is 0 Å². The van der Waals surface area contributed by atoms with Gasteiger partial charge in [-0.1, -0.05) is 24.3 Å². The number of phenols is 1. The lowest BCUT2D eigenvalue weighted by Gasteiger charge is -2.03. The highest BCUT2D eigenvalue weighted by Crippen LogP contribution is 2.16. The zero-order chi connectivity index (χ0) is 12.3. The highest BCUT2D eigenvalue weighted by atomic mass is 16.3. The first-order valence-electron chi connectivity index (χ1n) is 5.03. The molecule has 2 aromatic carbocycles. The molecular formula is C14H9O3. The third-order valence-electron chi connectivity index (χ3n) is 2.41. The van der Waals surface area contributed by atoms with Crippen molar-refractivity contribution >= 4 is 12.1 Å². The van der Waals surface area contributed by atoms with Gasteiger partial charge in [0.2, 0.25) is 6.29 Å². The average molecular weight is 225 g/mol. The van der Waals surface area contributed by atoms with Crippen LogP contribution in [0.1, 0.15) is 21.5 Å². The first-order chi connectivity index (χ1) is 8.22. The first-order valence-corrected chi connectivity index (χ1v) is 5.03. The van der Waals surface area contributed by atoms with Crippen molar-refractivity contribution in [3.63, 3.8) is 0 Å². The number of rotatable bonds is 3. The van der Waals surface area contributed by atoms with Crippen molar-refractivity contribution in [2.24, 2.45) is 0 Å². The van der Waals surface area contributed by atoms with Crippen LogP contribution in [-0.4, -0.2) is 17.2 Å². The summed E-state index contributed by atoms with van der Waals surface area (Å²) in [4.78, 5) is 22.8. The molecule has 0 bridgehead atoms. The Kier molecular flexibility index (Phi) is 3.01. The Balaban J connectivity index is 2.43. The quantitative estimate of drug-likeness (QED) is 0.813. The lowest BCUT2D eigenvalue weighted by molar-refractivity contribution is 0.103.